The van der Waals surface area contributed by atoms with Gasteiger partial charge in [-0.05, 0) is 61.4 Å². The van der Waals surface area contributed by atoms with E-state index < -0.39 is 0 Å². The minimum Gasteiger partial charge on any atom is -0.496 e. The van der Waals surface area contributed by atoms with Gasteiger partial charge in [0.15, 0.2) is 0 Å². The van der Waals surface area contributed by atoms with Crippen molar-refractivity contribution < 1.29 is 9.47 Å². The monoisotopic (exact) mass is 235 g/mol. The van der Waals surface area contributed by atoms with Gasteiger partial charge in [0.1, 0.15) is 11.5 Å². The van der Waals surface area contributed by atoms with Crippen LogP contribution in [0.25, 0.3) is 0 Å². The number of hydrogen-bond acceptors (Lipinski definition) is 3. The van der Waals surface area contributed by atoms with E-state index in [0.29, 0.717) is 5.41 Å². The van der Waals surface area contributed by atoms with Gasteiger partial charge in [0.05, 0.1) is 14.2 Å². The van der Waals surface area contributed by atoms with Gasteiger partial charge in [0.25, 0.3) is 0 Å². The summed E-state index contributed by atoms with van der Waals surface area (Å²) in [6, 6.07) is 4.13. The summed E-state index contributed by atoms with van der Waals surface area (Å²) in [5.41, 5.74) is 8.46. The number of rotatable bonds is 5. The van der Waals surface area contributed by atoms with Crippen LogP contribution >= 0.6 is 0 Å². The van der Waals surface area contributed by atoms with Crippen molar-refractivity contribution in [1.29, 1.82) is 0 Å². The highest BCUT2D eigenvalue weighted by Gasteiger charge is 2.41. The molecule has 0 atom stereocenters. The highest BCUT2D eigenvalue weighted by Crippen LogP contribution is 2.49. The van der Waals surface area contributed by atoms with Crippen molar-refractivity contribution in [2.45, 2.75) is 26.2 Å². The summed E-state index contributed by atoms with van der Waals surface area (Å²) in [4.78, 5) is 0. The van der Waals surface area contributed by atoms with Crippen LogP contribution < -0.4 is 15.2 Å². The zero-order chi connectivity index (χ0) is 12.5. The van der Waals surface area contributed by atoms with E-state index in [2.05, 4.69) is 6.07 Å². The lowest BCUT2D eigenvalue weighted by molar-refractivity contribution is 0.390. The highest BCUT2D eigenvalue weighted by molar-refractivity contribution is 5.46. The summed E-state index contributed by atoms with van der Waals surface area (Å²) in [5, 5.41) is 0. The second-order valence-electron chi connectivity index (χ2n) is 5.01. The first-order valence-electron chi connectivity index (χ1n) is 6.06. The van der Waals surface area contributed by atoms with E-state index in [-0.39, 0.29) is 0 Å². The molecule has 1 fully saturated rings. The van der Waals surface area contributed by atoms with E-state index in [4.69, 9.17) is 15.2 Å². The van der Waals surface area contributed by atoms with Gasteiger partial charge < -0.3 is 15.2 Å². The molecular formula is C14H21NO2. The molecular weight excluding hydrogens is 214 g/mol. The second-order valence-corrected chi connectivity index (χ2v) is 5.01. The van der Waals surface area contributed by atoms with Crippen molar-refractivity contribution in [3.63, 3.8) is 0 Å². The largest absolute Gasteiger partial charge is 0.496 e. The number of ether oxygens (including phenoxy) is 2. The summed E-state index contributed by atoms with van der Waals surface area (Å²) in [6.45, 7) is 2.79. The number of benzene rings is 1. The fourth-order valence-electron chi connectivity index (χ4n) is 2.29. The Morgan fingerprint density at radius 1 is 1.18 bits per heavy atom. The highest BCUT2D eigenvalue weighted by atomic mass is 16.5. The van der Waals surface area contributed by atoms with Crippen LogP contribution in [0.1, 0.15) is 24.0 Å². The van der Waals surface area contributed by atoms with Gasteiger partial charge in [-0.15, -0.1) is 0 Å². The standard InChI is InChI=1S/C14H21NO2/c1-10-6-13(17-3)11(7-12(10)16-2)8-14(9-15)4-5-14/h6-7H,4-5,8-9,15H2,1-3H3. The zero-order valence-corrected chi connectivity index (χ0v) is 10.9. The van der Waals surface area contributed by atoms with E-state index >= 15 is 0 Å². The molecule has 1 aliphatic rings. The normalized spacial score (nSPS) is 16.7. The molecule has 1 aliphatic carbocycles. The summed E-state index contributed by atoms with van der Waals surface area (Å²) < 4.78 is 10.8. The van der Waals surface area contributed by atoms with Crippen molar-refractivity contribution in [2.24, 2.45) is 11.1 Å². The van der Waals surface area contributed by atoms with E-state index in [9.17, 15) is 0 Å². The Kier molecular flexibility index (Phi) is 3.29. The molecule has 1 aromatic rings. The number of hydrogen-bond donors (Lipinski definition) is 1. The first kappa shape index (κ1) is 12.2. The third-order valence-corrected chi connectivity index (χ3v) is 3.75. The third-order valence-electron chi connectivity index (χ3n) is 3.75. The molecule has 0 unspecified atom stereocenters. The smallest absolute Gasteiger partial charge is 0.122 e. The molecule has 0 saturated heterocycles. The van der Waals surface area contributed by atoms with Crippen molar-refractivity contribution in [1.82, 2.24) is 0 Å². The molecule has 0 aliphatic heterocycles. The van der Waals surface area contributed by atoms with Crippen LogP contribution in [-0.2, 0) is 6.42 Å². The second kappa shape index (κ2) is 4.57. The SMILES string of the molecule is COc1cc(CC2(CN)CC2)c(OC)cc1C. The van der Waals surface area contributed by atoms with Crippen LogP contribution in [0.2, 0.25) is 0 Å². The fourth-order valence-corrected chi connectivity index (χ4v) is 2.29. The van der Waals surface area contributed by atoms with Crippen LogP contribution in [-0.4, -0.2) is 20.8 Å². The van der Waals surface area contributed by atoms with Crippen molar-refractivity contribution in [2.75, 3.05) is 20.8 Å². The molecule has 0 bridgehead atoms. The predicted octanol–water partition coefficient (Wildman–Crippen LogP) is 2.29. The van der Waals surface area contributed by atoms with Gasteiger partial charge in [-0.2, -0.15) is 0 Å². The minimum atomic E-state index is 0.313. The molecule has 3 nitrogen and oxygen atoms in total. The van der Waals surface area contributed by atoms with Crippen molar-refractivity contribution in [3.05, 3.63) is 23.3 Å². The Balaban J connectivity index is 2.31. The maximum atomic E-state index is 5.84. The summed E-state index contributed by atoms with van der Waals surface area (Å²) in [6.07, 6.45) is 3.44. The molecule has 2 rings (SSSR count). The van der Waals surface area contributed by atoms with E-state index in [0.717, 1.165) is 30.0 Å². The average molecular weight is 235 g/mol. The number of nitrogens with two attached hydrogens (primary N) is 1. The topological polar surface area (TPSA) is 44.5 Å². The third kappa shape index (κ3) is 2.39. The molecule has 2 N–H and O–H groups in total. The Hall–Kier alpha value is -1.22. The first-order valence-corrected chi connectivity index (χ1v) is 6.06. The van der Waals surface area contributed by atoms with E-state index in [1.54, 1.807) is 14.2 Å². The van der Waals surface area contributed by atoms with E-state index in [1.165, 1.54) is 18.4 Å². The Bertz CT molecular complexity index is 411. The Morgan fingerprint density at radius 3 is 2.29 bits per heavy atom. The summed E-state index contributed by atoms with van der Waals surface area (Å²) in [7, 11) is 3.42. The molecule has 0 radical (unpaired) electrons. The molecule has 94 valence electrons. The molecule has 0 aromatic heterocycles. The lowest BCUT2D eigenvalue weighted by atomic mass is 9.95. The maximum Gasteiger partial charge on any atom is 0.122 e. The zero-order valence-electron chi connectivity index (χ0n) is 10.9. The van der Waals surface area contributed by atoms with Gasteiger partial charge >= 0.3 is 0 Å². The van der Waals surface area contributed by atoms with Gasteiger partial charge in [-0.25, -0.2) is 0 Å². The van der Waals surface area contributed by atoms with Crippen LogP contribution in [0.3, 0.4) is 0 Å². The van der Waals surface area contributed by atoms with E-state index in [1.807, 2.05) is 13.0 Å². The molecule has 1 aromatic carbocycles. The van der Waals surface area contributed by atoms with Gasteiger partial charge in [-0.3, -0.25) is 0 Å². The number of aryl methyl sites for hydroxylation is 1. The van der Waals surface area contributed by atoms with Crippen LogP contribution in [0.5, 0.6) is 11.5 Å². The quantitative estimate of drug-likeness (QED) is 0.851. The molecule has 0 spiro atoms. The Labute approximate surface area is 103 Å². The molecule has 3 heteroatoms. The van der Waals surface area contributed by atoms with Gasteiger partial charge in [0.2, 0.25) is 0 Å². The lowest BCUT2D eigenvalue weighted by Crippen LogP contribution is -2.18. The Morgan fingerprint density at radius 2 is 1.82 bits per heavy atom. The van der Waals surface area contributed by atoms with Crippen LogP contribution in [0.15, 0.2) is 12.1 Å². The fraction of sp³-hybridized carbons (Fsp3) is 0.571. The average Bonchev–Trinajstić information content (AvgIpc) is 3.11. The maximum absolute atomic E-state index is 5.84. The molecule has 17 heavy (non-hydrogen) atoms. The summed E-state index contributed by atoms with van der Waals surface area (Å²) >= 11 is 0. The van der Waals surface area contributed by atoms with Gasteiger partial charge in [-0.1, -0.05) is 0 Å². The van der Waals surface area contributed by atoms with Crippen molar-refractivity contribution in [3.8, 4) is 11.5 Å². The lowest BCUT2D eigenvalue weighted by Gasteiger charge is -2.17. The molecule has 1 saturated carbocycles. The van der Waals surface area contributed by atoms with Gasteiger partial charge in [0, 0.05) is 0 Å². The number of methoxy groups -OCH3 is 2. The predicted molar refractivity (Wildman–Crippen MR) is 68.7 cm³/mol. The minimum absolute atomic E-state index is 0.313. The van der Waals surface area contributed by atoms with Crippen molar-refractivity contribution >= 4 is 0 Å². The molecule has 0 amide bonds. The van der Waals surface area contributed by atoms with Crippen LogP contribution in [0.4, 0.5) is 0 Å². The summed E-state index contributed by atoms with van der Waals surface area (Å²) in [5.74, 6) is 1.87. The molecule has 0 heterocycles. The van der Waals surface area contributed by atoms with Crippen LogP contribution in [0, 0.1) is 12.3 Å². The first-order chi connectivity index (χ1) is 8.14.